The number of hydrogen-bond acceptors (Lipinski definition) is 2. The molecule has 0 unspecified atom stereocenters. The van der Waals surface area contributed by atoms with Crippen LogP contribution < -0.4 is 9.47 Å². The third-order valence-electron chi connectivity index (χ3n) is 1.81. The van der Waals surface area contributed by atoms with E-state index in [1.54, 1.807) is 12.3 Å². The maximum absolute atomic E-state index is 9.40. The third kappa shape index (κ3) is 2.61. The van der Waals surface area contributed by atoms with E-state index in [2.05, 4.69) is 13.8 Å². The van der Waals surface area contributed by atoms with E-state index in [1.807, 2.05) is 6.07 Å². The first-order valence-corrected chi connectivity index (χ1v) is 4.41. The maximum Gasteiger partial charge on any atom is 0.416 e. The lowest BCUT2D eigenvalue weighted by atomic mass is 10.1. The molecular formula is C10H16NO2+. The molecule has 0 aliphatic heterocycles. The van der Waals surface area contributed by atoms with Crippen molar-refractivity contribution in [3.05, 3.63) is 23.9 Å². The van der Waals surface area contributed by atoms with E-state index in [0.29, 0.717) is 11.8 Å². The van der Waals surface area contributed by atoms with Crippen molar-refractivity contribution in [2.24, 2.45) is 5.92 Å². The first kappa shape index (κ1) is 9.84. The monoisotopic (exact) mass is 182 g/mol. The van der Waals surface area contributed by atoms with Gasteiger partial charge in [0.1, 0.15) is 0 Å². The van der Waals surface area contributed by atoms with Gasteiger partial charge in [0.15, 0.2) is 0 Å². The van der Waals surface area contributed by atoms with Crippen LogP contribution in [0.25, 0.3) is 0 Å². The van der Waals surface area contributed by atoms with Crippen molar-refractivity contribution in [2.75, 3.05) is 7.11 Å². The van der Waals surface area contributed by atoms with Gasteiger partial charge in [0, 0.05) is 10.3 Å². The summed E-state index contributed by atoms with van der Waals surface area (Å²) in [4.78, 5) is 0. The summed E-state index contributed by atoms with van der Waals surface area (Å²) in [6, 6.07) is 3.73. The first-order chi connectivity index (χ1) is 6.13. The van der Waals surface area contributed by atoms with E-state index >= 15 is 0 Å². The molecule has 0 saturated heterocycles. The minimum Gasteiger partial charge on any atom is -0.445 e. The highest BCUT2D eigenvalue weighted by Gasteiger charge is 2.11. The van der Waals surface area contributed by atoms with Gasteiger partial charge >= 0.3 is 5.88 Å². The highest BCUT2D eigenvalue weighted by Crippen LogP contribution is 2.08. The number of pyridine rings is 1. The van der Waals surface area contributed by atoms with E-state index in [0.717, 1.165) is 16.7 Å². The average molecular weight is 182 g/mol. The van der Waals surface area contributed by atoms with Gasteiger partial charge in [-0.2, -0.15) is 0 Å². The van der Waals surface area contributed by atoms with Gasteiger partial charge in [0.25, 0.3) is 0 Å². The summed E-state index contributed by atoms with van der Waals surface area (Å²) in [5, 5.41) is 9.40. The van der Waals surface area contributed by atoms with Gasteiger partial charge in [-0.05, 0) is 18.4 Å². The summed E-state index contributed by atoms with van der Waals surface area (Å²) < 4.78 is 5.93. The van der Waals surface area contributed by atoms with Crippen LogP contribution in [0.5, 0.6) is 5.88 Å². The maximum atomic E-state index is 9.40. The lowest BCUT2D eigenvalue weighted by Gasteiger charge is -2.02. The van der Waals surface area contributed by atoms with Crippen molar-refractivity contribution in [2.45, 2.75) is 20.3 Å². The van der Waals surface area contributed by atoms with Crippen molar-refractivity contribution >= 4 is 0 Å². The first-order valence-electron chi connectivity index (χ1n) is 4.41. The van der Waals surface area contributed by atoms with Gasteiger partial charge in [-0.25, -0.2) is 0 Å². The fourth-order valence-corrected chi connectivity index (χ4v) is 1.27. The molecule has 1 N–H and O–H groups in total. The Balaban J connectivity index is 2.83. The largest absolute Gasteiger partial charge is 0.445 e. The Kier molecular flexibility index (Phi) is 3.12. The molecule has 0 radical (unpaired) electrons. The Hall–Kier alpha value is -1.25. The Morgan fingerprint density at radius 3 is 2.62 bits per heavy atom. The average Bonchev–Trinajstić information content (AvgIpc) is 2.03. The zero-order valence-corrected chi connectivity index (χ0v) is 8.32. The normalized spacial score (nSPS) is 10.5. The molecule has 0 bridgehead atoms. The standard InChI is InChI=1S/C10H16NO2/c1-8(2)6-9-4-5-10(13-3)11(12)7-9/h4-5,7-8,12H,6H2,1-3H3/q+1. The van der Waals surface area contributed by atoms with Crippen LogP contribution in [0.1, 0.15) is 19.4 Å². The molecule has 0 atom stereocenters. The van der Waals surface area contributed by atoms with E-state index in [4.69, 9.17) is 4.74 Å². The van der Waals surface area contributed by atoms with Gasteiger partial charge in [-0.3, -0.25) is 5.21 Å². The second-order valence-corrected chi connectivity index (χ2v) is 3.52. The summed E-state index contributed by atoms with van der Waals surface area (Å²) in [5.41, 5.74) is 1.11. The van der Waals surface area contributed by atoms with Crippen molar-refractivity contribution < 1.29 is 14.7 Å². The molecule has 3 nitrogen and oxygen atoms in total. The molecule has 0 aliphatic carbocycles. The van der Waals surface area contributed by atoms with Crippen molar-refractivity contribution in [3.63, 3.8) is 0 Å². The summed E-state index contributed by atoms with van der Waals surface area (Å²) >= 11 is 0. The Bertz CT molecular complexity index is 284. The molecule has 0 saturated carbocycles. The molecule has 0 aliphatic rings. The Morgan fingerprint density at radius 1 is 1.46 bits per heavy atom. The summed E-state index contributed by atoms with van der Waals surface area (Å²) in [7, 11) is 1.53. The summed E-state index contributed by atoms with van der Waals surface area (Å²) in [5.74, 6) is 1.04. The second kappa shape index (κ2) is 4.12. The number of hydrogen-bond donors (Lipinski definition) is 1. The SMILES string of the molecule is COc1ccc(CC(C)C)c[n+]1O. The Morgan fingerprint density at radius 2 is 2.15 bits per heavy atom. The molecule has 1 heterocycles. The molecular weight excluding hydrogens is 166 g/mol. The van der Waals surface area contributed by atoms with Crippen LogP contribution in [0.4, 0.5) is 0 Å². The van der Waals surface area contributed by atoms with Crippen molar-refractivity contribution in [1.82, 2.24) is 0 Å². The fraction of sp³-hybridized carbons (Fsp3) is 0.500. The van der Waals surface area contributed by atoms with Crippen LogP contribution in [-0.4, -0.2) is 12.3 Å². The third-order valence-corrected chi connectivity index (χ3v) is 1.81. The lowest BCUT2D eigenvalue weighted by Crippen LogP contribution is -2.32. The molecule has 72 valence electrons. The predicted molar refractivity (Wildman–Crippen MR) is 48.9 cm³/mol. The van der Waals surface area contributed by atoms with Gasteiger partial charge in [0.2, 0.25) is 6.20 Å². The molecule has 13 heavy (non-hydrogen) atoms. The van der Waals surface area contributed by atoms with E-state index in [-0.39, 0.29) is 0 Å². The molecule has 0 spiro atoms. The van der Waals surface area contributed by atoms with Gasteiger partial charge in [0.05, 0.1) is 13.2 Å². The fourth-order valence-electron chi connectivity index (χ4n) is 1.27. The molecule has 0 amide bonds. The number of aromatic nitrogens is 1. The van der Waals surface area contributed by atoms with Crippen molar-refractivity contribution in [1.29, 1.82) is 0 Å². The number of ether oxygens (including phenoxy) is 1. The van der Waals surface area contributed by atoms with Crippen molar-refractivity contribution in [3.8, 4) is 5.88 Å². The minimum atomic E-state index is 0.451. The predicted octanol–water partition coefficient (Wildman–Crippen LogP) is 1.42. The van der Waals surface area contributed by atoms with Gasteiger partial charge in [-0.1, -0.05) is 13.8 Å². The molecule has 1 aromatic heterocycles. The number of rotatable bonds is 3. The van der Waals surface area contributed by atoms with E-state index in [1.165, 1.54) is 7.11 Å². The summed E-state index contributed by atoms with van der Waals surface area (Å²) in [6.45, 7) is 4.29. The molecule has 1 aromatic rings. The zero-order chi connectivity index (χ0) is 9.84. The molecule has 0 aromatic carbocycles. The quantitative estimate of drug-likeness (QED) is 0.566. The van der Waals surface area contributed by atoms with Crippen LogP contribution >= 0.6 is 0 Å². The highest BCUT2D eigenvalue weighted by molar-refractivity contribution is 5.12. The lowest BCUT2D eigenvalue weighted by molar-refractivity contribution is -0.906. The van der Waals surface area contributed by atoms with Crippen LogP contribution in [0.3, 0.4) is 0 Å². The highest BCUT2D eigenvalue weighted by atomic mass is 16.5. The molecule has 0 fully saturated rings. The summed E-state index contributed by atoms with van der Waals surface area (Å²) in [6.07, 6.45) is 2.64. The minimum absolute atomic E-state index is 0.451. The smallest absolute Gasteiger partial charge is 0.416 e. The van der Waals surface area contributed by atoms with Gasteiger partial charge < -0.3 is 4.74 Å². The van der Waals surface area contributed by atoms with Gasteiger partial charge in [-0.15, -0.1) is 0 Å². The van der Waals surface area contributed by atoms with Crippen LogP contribution in [0.15, 0.2) is 18.3 Å². The Labute approximate surface area is 78.5 Å². The van der Waals surface area contributed by atoms with E-state index < -0.39 is 0 Å². The van der Waals surface area contributed by atoms with Crippen LogP contribution in [-0.2, 0) is 6.42 Å². The molecule has 1 rings (SSSR count). The molecule has 3 heteroatoms. The number of methoxy groups -OCH3 is 1. The van der Waals surface area contributed by atoms with E-state index in [9.17, 15) is 5.21 Å². The topological polar surface area (TPSA) is 33.3 Å². The van der Waals surface area contributed by atoms with Crippen LogP contribution in [0.2, 0.25) is 0 Å². The second-order valence-electron chi connectivity index (χ2n) is 3.52. The van der Waals surface area contributed by atoms with Crippen LogP contribution in [0, 0.1) is 5.92 Å². The zero-order valence-electron chi connectivity index (χ0n) is 8.32. The number of nitrogens with zero attached hydrogens (tertiary/aromatic N) is 1.